The lowest BCUT2D eigenvalue weighted by Crippen LogP contribution is -2.54. The summed E-state index contributed by atoms with van der Waals surface area (Å²) in [6.45, 7) is 3.61. The SMILES string of the molecule is CCC(C)NC(=O)C(Cc1ccccc1)N(Cc1ccc(Br)cc1)C(=O)CN(c1ccccc1)S(C)(=O)=O. The van der Waals surface area contributed by atoms with Crippen LogP contribution < -0.4 is 9.62 Å². The maximum Gasteiger partial charge on any atom is 0.244 e. The zero-order chi connectivity index (χ0) is 27.7. The second-order valence-electron chi connectivity index (χ2n) is 9.28. The van der Waals surface area contributed by atoms with Gasteiger partial charge in [-0.1, -0.05) is 83.5 Å². The number of hydrogen-bond donors (Lipinski definition) is 1. The first kappa shape index (κ1) is 29.4. The van der Waals surface area contributed by atoms with Gasteiger partial charge >= 0.3 is 0 Å². The molecule has 0 heterocycles. The summed E-state index contributed by atoms with van der Waals surface area (Å²) in [6.07, 6.45) is 2.10. The highest BCUT2D eigenvalue weighted by atomic mass is 79.9. The highest BCUT2D eigenvalue weighted by molar-refractivity contribution is 9.10. The third-order valence-corrected chi connectivity index (χ3v) is 7.93. The first-order valence-electron chi connectivity index (χ1n) is 12.5. The number of rotatable bonds is 12. The lowest BCUT2D eigenvalue weighted by atomic mass is 10.0. The molecule has 0 saturated carbocycles. The quantitative estimate of drug-likeness (QED) is 0.325. The molecule has 0 bridgehead atoms. The Balaban J connectivity index is 2.03. The summed E-state index contributed by atoms with van der Waals surface area (Å²) in [5.74, 6) is -0.748. The summed E-state index contributed by atoms with van der Waals surface area (Å²) >= 11 is 3.43. The summed E-state index contributed by atoms with van der Waals surface area (Å²) < 4.78 is 27.4. The van der Waals surface area contributed by atoms with E-state index >= 15 is 0 Å². The van der Waals surface area contributed by atoms with Gasteiger partial charge in [0.2, 0.25) is 21.8 Å². The van der Waals surface area contributed by atoms with E-state index < -0.39 is 28.5 Å². The third-order valence-electron chi connectivity index (χ3n) is 6.26. The smallest absolute Gasteiger partial charge is 0.244 e. The van der Waals surface area contributed by atoms with E-state index in [0.717, 1.165) is 32.6 Å². The van der Waals surface area contributed by atoms with E-state index in [9.17, 15) is 18.0 Å². The van der Waals surface area contributed by atoms with Gasteiger partial charge in [0.1, 0.15) is 12.6 Å². The molecule has 202 valence electrons. The van der Waals surface area contributed by atoms with Crippen molar-refractivity contribution in [1.82, 2.24) is 10.2 Å². The lowest BCUT2D eigenvalue weighted by Gasteiger charge is -2.34. The molecule has 0 fully saturated rings. The van der Waals surface area contributed by atoms with E-state index in [0.29, 0.717) is 5.69 Å². The van der Waals surface area contributed by atoms with Crippen molar-refractivity contribution in [3.63, 3.8) is 0 Å². The Kier molecular flexibility index (Phi) is 10.5. The predicted octanol–water partition coefficient (Wildman–Crippen LogP) is 4.77. The topological polar surface area (TPSA) is 86.8 Å². The Morgan fingerprint density at radius 1 is 0.895 bits per heavy atom. The zero-order valence-electron chi connectivity index (χ0n) is 21.9. The Bertz CT molecular complexity index is 1300. The van der Waals surface area contributed by atoms with Crippen LogP contribution in [0.3, 0.4) is 0 Å². The standard InChI is InChI=1S/C29H34BrN3O4S/c1-4-22(2)31-29(35)27(19-23-11-7-5-8-12-23)32(20-24-15-17-25(30)18-16-24)28(34)21-33(38(3,36)37)26-13-9-6-10-14-26/h5-18,22,27H,4,19-21H2,1-3H3,(H,31,35). The van der Waals surface area contributed by atoms with Crippen molar-refractivity contribution in [1.29, 1.82) is 0 Å². The highest BCUT2D eigenvalue weighted by Crippen LogP contribution is 2.21. The number of halogens is 1. The molecule has 0 aliphatic rings. The van der Waals surface area contributed by atoms with Gasteiger partial charge in [-0.15, -0.1) is 0 Å². The van der Waals surface area contributed by atoms with Crippen molar-refractivity contribution in [2.24, 2.45) is 0 Å². The molecule has 2 unspecified atom stereocenters. The van der Waals surface area contributed by atoms with Gasteiger partial charge in [-0.05, 0) is 48.7 Å². The Labute approximate surface area is 234 Å². The number of carbonyl (C=O) groups is 2. The Hall–Kier alpha value is -3.17. The number of nitrogens with zero attached hydrogens (tertiary/aromatic N) is 2. The van der Waals surface area contributed by atoms with Crippen molar-refractivity contribution in [2.75, 3.05) is 17.1 Å². The number of nitrogens with one attached hydrogen (secondary N) is 1. The molecular formula is C29H34BrN3O4S. The van der Waals surface area contributed by atoms with Crippen molar-refractivity contribution < 1.29 is 18.0 Å². The maximum atomic E-state index is 14.0. The van der Waals surface area contributed by atoms with Crippen LogP contribution in [0.2, 0.25) is 0 Å². The van der Waals surface area contributed by atoms with Crippen LogP contribution in [0.4, 0.5) is 5.69 Å². The van der Waals surface area contributed by atoms with Gasteiger partial charge in [0.05, 0.1) is 11.9 Å². The molecule has 3 aromatic carbocycles. The average molecular weight is 601 g/mol. The molecule has 1 N–H and O–H groups in total. The van der Waals surface area contributed by atoms with Crippen molar-refractivity contribution in [3.8, 4) is 0 Å². The van der Waals surface area contributed by atoms with Crippen molar-refractivity contribution >= 4 is 43.5 Å². The first-order chi connectivity index (χ1) is 18.1. The highest BCUT2D eigenvalue weighted by Gasteiger charge is 2.33. The summed E-state index contributed by atoms with van der Waals surface area (Å²) in [5, 5.41) is 3.02. The minimum atomic E-state index is -3.77. The second-order valence-corrected chi connectivity index (χ2v) is 12.1. The largest absolute Gasteiger partial charge is 0.352 e. The molecule has 0 aliphatic carbocycles. The number of anilines is 1. The van der Waals surface area contributed by atoms with Gasteiger partial charge in [-0.25, -0.2) is 8.42 Å². The number of benzene rings is 3. The molecule has 0 saturated heterocycles. The van der Waals surface area contributed by atoms with Gasteiger partial charge in [-0.2, -0.15) is 0 Å². The fourth-order valence-corrected chi connectivity index (χ4v) is 5.10. The molecule has 0 radical (unpaired) electrons. The van der Waals surface area contributed by atoms with E-state index in [-0.39, 0.29) is 24.9 Å². The third kappa shape index (κ3) is 8.43. The minimum absolute atomic E-state index is 0.0813. The molecule has 0 aliphatic heterocycles. The maximum absolute atomic E-state index is 14.0. The number of amides is 2. The molecule has 2 amide bonds. The van der Waals surface area contributed by atoms with Crippen molar-refractivity contribution in [3.05, 3.63) is 101 Å². The van der Waals surface area contributed by atoms with Crippen LogP contribution in [0.25, 0.3) is 0 Å². The van der Waals surface area contributed by atoms with Crippen LogP contribution in [0, 0.1) is 0 Å². The van der Waals surface area contributed by atoms with E-state index in [4.69, 9.17) is 0 Å². The molecule has 3 rings (SSSR count). The first-order valence-corrected chi connectivity index (χ1v) is 15.1. The molecule has 3 aromatic rings. The summed E-state index contributed by atoms with van der Waals surface area (Å²) in [4.78, 5) is 29.1. The Morgan fingerprint density at radius 3 is 2.03 bits per heavy atom. The molecule has 0 spiro atoms. The van der Waals surface area contributed by atoms with Gasteiger partial charge in [0.15, 0.2) is 0 Å². The molecule has 2 atom stereocenters. The van der Waals surface area contributed by atoms with E-state index in [1.807, 2.05) is 68.4 Å². The van der Waals surface area contributed by atoms with Gasteiger partial charge < -0.3 is 10.2 Å². The summed E-state index contributed by atoms with van der Waals surface area (Å²) in [6, 6.07) is 24.6. The van der Waals surface area contributed by atoms with E-state index in [1.54, 1.807) is 30.3 Å². The monoisotopic (exact) mass is 599 g/mol. The minimum Gasteiger partial charge on any atom is -0.352 e. The van der Waals surface area contributed by atoms with E-state index in [1.165, 1.54) is 4.90 Å². The molecular weight excluding hydrogens is 566 g/mol. The normalized spacial score (nSPS) is 12.8. The number of hydrogen-bond acceptors (Lipinski definition) is 4. The fraction of sp³-hybridized carbons (Fsp3) is 0.310. The molecule has 0 aromatic heterocycles. The number of carbonyl (C=O) groups excluding carboxylic acids is 2. The molecule has 7 nitrogen and oxygen atoms in total. The lowest BCUT2D eigenvalue weighted by molar-refractivity contribution is -0.140. The molecule has 9 heteroatoms. The zero-order valence-corrected chi connectivity index (χ0v) is 24.3. The van der Waals surface area contributed by atoms with Crippen LogP contribution in [0.15, 0.2) is 89.4 Å². The van der Waals surface area contributed by atoms with Crippen LogP contribution in [0.1, 0.15) is 31.4 Å². The molecule has 38 heavy (non-hydrogen) atoms. The van der Waals surface area contributed by atoms with Crippen molar-refractivity contribution in [2.45, 2.75) is 45.3 Å². The average Bonchev–Trinajstić information content (AvgIpc) is 2.90. The Morgan fingerprint density at radius 2 is 1.47 bits per heavy atom. The van der Waals surface area contributed by atoms with Gasteiger partial charge in [0, 0.05) is 23.5 Å². The number of para-hydroxylation sites is 1. The predicted molar refractivity (Wildman–Crippen MR) is 155 cm³/mol. The van der Waals surface area contributed by atoms with Crippen LogP contribution in [-0.2, 0) is 32.6 Å². The van der Waals surface area contributed by atoms with Crippen LogP contribution in [0.5, 0.6) is 0 Å². The second kappa shape index (κ2) is 13.6. The van der Waals surface area contributed by atoms with Gasteiger partial charge in [-0.3, -0.25) is 13.9 Å². The number of sulfonamides is 1. The fourth-order valence-electron chi connectivity index (χ4n) is 3.99. The van der Waals surface area contributed by atoms with Gasteiger partial charge in [0.25, 0.3) is 0 Å². The van der Waals surface area contributed by atoms with Crippen LogP contribution >= 0.6 is 15.9 Å². The summed E-state index contributed by atoms with van der Waals surface area (Å²) in [7, 11) is -3.77. The summed E-state index contributed by atoms with van der Waals surface area (Å²) in [5.41, 5.74) is 2.10. The van der Waals surface area contributed by atoms with E-state index in [2.05, 4.69) is 21.2 Å². The van der Waals surface area contributed by atoms with Crippen LogP contribution in [-0.4, -0.2) is 50.0 Å².